The van der Waals surface area contributed by atoms with Crippen molar-refractivity contribution in [3.8, 4) is 0 Å². The van der Waals surface area contributed by atoms with Crippen LogP contribution in [0.2, 0.25) is 0 Å². The van der Waals surface area contributed by atoms with Crippen molar-refractivity contribution in [1.82, 2.24) is 9.55 Å². The van der Waals surface area contributed by atoms with Gasteiger partial charge in [-0.3, -0.25) is 0 Å². The molecule has 2 unspecified atom stereocenters. The van der Waals surface area contributed by atoms with Gasteiger partial charge < -0.3 is 4.57 Å². The fraction of sp³-hybridized carbons (Fsp3) is 0.757. The van der Waals surface area contributed by atoms with Crippen LogP contribution in [0, 0.1) is 5.92 Å². The van der Waals surface area contributed by atoms with Gasteiger partial charge in [-0.15, -0.1) is 0 Å². The van der Waals surface area contributed by atoms with E-state index in [-0.39, 0.29) is 0 Å². The second-order valence-electron chi connectivity index (χ2n) is 12.3. The van der Waals surface area contributed by atoms with Crippen LogP contribution in [0.4, 0.5) is 0 Å². The number of hydrogen-bond acceptors (Lipinski definition) is 1. The molecule has 1 aromatic heterocycles. The lowest BCUT2D eigenvalue weighted by Crippen LogP contribution is -2.21. The molecule has 39 heavy (non-hydrogen) atoms. The monoisotopic (exact) mass is 537 g/mol. The van der Waals surface area contributed by atoms with Gasteiger partial charge >= 0.3 is 0 Å². The van der Waals surface area contributed by atoms with Crippen LogP contribution in [-0.4, -0.2) is 9.55 Å². The molecule has 0 aliphatic carbocycles. The van der Waals surface area contributed by atoms with E-state index in [1.165, 1.54) is 160 Å². The maximum absolute atomic E-state index is 4.44. The lowest BCUT2D eigenvalue weighted by atomic mass is 9.84. The Hall–Kier alpha value is -1.57. The molecular weight excluding hydrogens is 472 g/mol. The van der Waals surface area contributed by atoms with Crippen molar-refractivity contribution in [1.29, 1.82) is 0 Å². The average Bonchev–Trinajstić information content (AvgIpc) is 3.49. The van der Waals surface area contributed by atoms with E-state index < -0.39 is 0 Å². The highest BCUT2D eigenvalue weighted by Crippen LogP contribution is 2.32. The molecule has 222 valence electrons. The van der Waals surface area contributed by atoms with Gasteiger partial charge in [-0.25, -0.2) is 4.98 Å². The van der Waals surface area contributed by atoms with E-state index in [2.05, 4.69) is 66.3 Å². The Morgan fingerprint density at radius 3 is 1.49 bits per heavy atom. The average molecular weight is 537 g/mol. The van der Waals surface area contributed by atoms with Crippen molar-refractivity contribution < 1.29 is 0 Å². The molecule has 2 aromatic rings. The quantitative estimate of drug-likeness (QED) is 0.104. The zero-order valence-electron chi connectivity index (χ0n) is 26.1. The molecule has 0 spiro atoms. The van der Waals surface area contributed by atoms with Gasteiger partial charge in [-0.05, 0) is 30.7 Å². The Bertz CT molecular complexity index is 738. The first-order chi connectivity index (χ1) is 19.3. The summed E-state index contributed by atoms with van der Waals surface area (Å²) in [5, 5.41) is 0. The summed E-state index contributed by atoms with van der Waals surface area (Å²) in [5.41, 5.74) is 1.50. The molecule has 0 saturated carbocycles. The number of nitrogens with zero attached hydrogens (tertiary/aromatic N) is 2. The summed E-state index contributed by atoms with van der Waals surface area (Å²) in [4.78, 5) is 4.44. The minimum atomic E-state index is 0.575. The fourth-order valence-corrected chi connectivity index (χ4v) is 6.35. The summed E-state index contributed by atoms with van der Waals surface area (Å²) < 4.78 is 2.44. The molecule has 1 heterocycles. The highest BCUT2D eigenvalue weighted by Gasteiger charge is 2.23. The normalized spacial score (nSPS) is 13.1. The van der Waals surface area contributed by atoms with Crippen LogP contribution in [0.5, 0.6) is 0 Å². The van der Waals surface area contributed by atoms with E-state index in [0.29, 0.717) is 12.0 Å². The Kier molecular flexibility index (Phi) is 20.9. The third-order valence-corrected chi connectivity index (χ3v) is 8.82. The molecule has 1 aromatic carbocycles. The minimum Gasteiger partial charge on any atom is -0.334 e. The summed E-state index contributed by atoms with van der Waals surface area (Å²) in [6.45, 7) is 4.61. The molecule has 0 aliphatic rings. The minimum absolute atomic E-state index is 0.575. The van der Waals surface area contributed by atoms with Gasteiger partial charge in [-0.1, -0.05) is 179 Å². The highest BCUT2D eigenvalue weighted by molar-refractivity contribution is 5.15. The second-order valence-corrected chi connectivity index (χ2v) is 12.3. The summed E-state index contributed by atoms with van der Waals surface area (Å²) in [6.07, 6.45) is 39.9. The zero-order chi connectivity index (χ0) is 27.6. The van der Waals surface area contributed by atoms with Gasteiger partial charge in [0.15, 0.2) is 0 Å². The third-order valence-electron chi connectivity index (χ3n) is 8.82. The zero-order valence-corrected chi connectivity index (χ0v) is 26.1. The van der Waals surface area contributed by atoms with Crippen molar-refractivity contribution in [2.24, 2.45) is 5.92 Å². The number of unbranched alkanes of at least 4 members (excludes halogenated alkanes) is 19. The topological polar surface area (TPSA) is 17.8 Å². The van der Waals surface area contributed by atoms with Crippen LogP contribution in [0.3, 0.4) is 0 Å². The summed E-state index contributed by atoms with van der Waals surface area (Å²) in [7, 11) is 0. The standard InChI is InChI=1S/C37H64N2/c1-3-5-7-9-11-12-13-14-15-16-17-18-19-20-25-29-36(33-35-27-23-22-24-28-35)37(39-32-31-38-34-39)30-26-21-10-8-6-4-2/h22-24,27-28,31-32,34,36-37H,3-21,25-26,29-30,33H2,1-2H3. The van der Waals surface area contributed by atoms with E-state index in [9.17, 15) is 0 Å². The molecule has 0 aliphatic heterocycles. The van der Waals surface area contributed by atoms with E-state index >= 15 is 0 Å². The maximum Gasteiger partial charge on any atom is 0.0948 e. The molecular formula is C37H64N2. The van der Waals surface area contributed by atoms with E-state index in [0.717, 1.165) is 0 Å². The van der Waals surface area contributed by atoms with Crippen LogP contribution in [0.15, 0.2) is 49.1 Å². The molecule has 0 saturated heterocycles. The Morgan fingerprint density at radius 1 is 0.564 bits per heavy atom. The van der Waals surface area contributed by atoms with Crippen molar-refractivity contribution in [2.45, 2.75) is 174 Å². The van der Waals surface area contributed by atoms with Crippen molar-refractivity contribution in [2.75, 3.05) is 0 Å². The maximum atomic E-state index is 4.44. The van der Waals surface area contributed by atoms with E-state index in [4.69, 9.17) is 0 Å². The van der Waals surface area contributed by atoms with Gasteiger partial charge in [0.05, 0.1) is 6.33 Å². The van der Waals surface area contributed by atoms with E-state index in [1.807, 2.05) is 6.20 Å². The number of rotatable bonds is 27. The van der Waals surface area contributed by atoms with Gasteiger partial charge in [0.1, 0.15) is 0 Å². The van der Waals surface area contributed by atoms with Crippen molar-refractivity contribution in [3.63, 3.8) is 0 Å². The summed E-state index contributed by atoms with van der Waals surface area (Å²) in [5.74, 6) is 0.694. The number of benzene rings is 1. The summed E-state index contributed by atoms with van der Waals surface area (Å²) >= 11 is 0. The largest absolute Gasteiger partial charge is 0.334 e. The Labute approximate surface area is 243 Å². The van der Waals surface area contributed by atoms with Gasteiger partial charge in [0.2, 0.25) is 0 Å². The third kappa shape index (κ3) is 17.0. The highest BCUT2D eigenvalue weighted by atomic mass is 15.1. The number of imidazole rings is 1. The van der Waals surface area contributed by atoms with Crippen molar-refractivity contribution in [3.05, 3.63) is 54.6 Å². The van der Waals surface area contributed by atoms with Gasteiger partial charge in [0.25, 0.3) is 0 Å². The lowest BCUT2D eigenvalue weighted by Gasteiger charge is -2.29. The predicted molar refractivity (Wildman–Crippen MR) is 172 cm³/mol. The second kappa shape index (κ2) is 24.2. The molecule has 2 rings (SSSR count). The molecule has 2 nitrogen and oxygen atoms in total. The molecule has 2 heteroatoms. The molecule has 0 radical (unpaired) electrons. The Morgan fingerprint density at radius 2 is 1.03 bits per heavy atom. The SMILES string of the molecule is CCCCCCCCCCCCCCCCCC(Cc1ccccc1)C(CCCCCCCC)n1ccnc1. The first-order valence-electron chi connectivity index (χ1n) is 17.4. The van der Waals surface area contributed by atoms with Crippen LogP contribution < -0.4 is 0 Å². The first-order valence-corrected chi connectivity index (χ1v) is 17.4. The van der Waals surface area contributed by atoms with Gasteiger partial charge in [0, 0.05) is 18.4 Å². The molecule has 0 N–H and O–H groups in total. The van der Waals surface area contributed by atoms with Gasteiger partial charge in [-0.2, -0.15) is 0 Å². The van der Waals surface area contributed by atoms with Crippen LogP contribution in [0.25, 0.3) is 0 Å². The summed E-state index contributed by atoms with van der Waals surface area (Å²) in [6, 6.07) is 11.8. The first kappa shape index (κ1) is 33.6. The number of hydrogen-bond donors (Lipinski definition) is 0. The molecule has 2 atom stereocenters. The smallest absolute Gasteiger partial charge is 0.0948 e. The fourth-order valence-electron chi connectivity index (χ4n) is 6.35. The van der Waals surface area contributed by atoms with Crippen LogP contribution in [0.1, 0.15) is 173 Å². The molecule has 0 bridgehead atoms. The Balaban J connectivity index is 1.69. The molecule has 0 amide bonds. The van der Waals surface area contributed by atoms with E-state index in [1.54, 1.807) is 0 Å². The number of aromatic nitrogens is 2. The van der Waals surface area contributed by atoms with Crippen LogP contribution >= 0.6 is 0 Å². The lowest BCUT2D eigenvalue weighted by molar-refractivity contribution is 0.275. The predicted octanol–water partition coefficient (Wildman–Crippen LogP) is 12.3. The van der Waals surface area contributed by atoms with Crippen LogP contribution in [-0.2, 0) is 6.42 Å². The molecule has 0 fully saturated rings. The van der Waals surface area contributed by atoms with Crippen molar-refractivity contribution >= 4 is 0 Å².